The number of fused-ring (bicyclic) bond motifs is 1. The number of rotatable bonds is 3. The molecule has 0 N–H and O–H groups in total. The molecule has 0 aromatic rings. The molecule has 1 amide bonds. The van der Waals surface area contributed by atoms with Crippen molar-refractivity contribution in [2.75, 3.05) is 13.1 Å². The predicted molar refractivity (Wildman–Crippen MR) is 91.1 cm³/mol. The van der Waals surface area contributed by atoms with Gasteiger partial charge in [0, 0.05) is 13.1 Å². The maximum absolute atomic E-state index is 13.1. The number of carbonyl (C=O) groups is 3. The van der Waals surface area contributed by atoms with Crippen molar-refractivity contribution < 1.29 is 19.1 Å². The Labute approximate surface area is 148 Å². The zero-order valence-corrected chi connectivity index (χ0v) is 15.5. The van der Waals surface area contributed by atoms with Gasteiger partial charge in [-0.3, -0.25) is 14.4 Å². The van der Waals surface area contributed by atoms with Gasteiger partial charge in [0.05, 0.1) is 17.8 Å². The van der Waals surface area contributed by atoms with Gasteiger partial charge in [0.1, 0.15) is 0 Å². The Balaban J connectivity index is 1.77. The number of cyclic esters (lactones) is 2. The summed E-state index contributed by atoms with van der Waals surface area (Å²) in [5.74, 6) is -1.50. The van der Waals surface area contributed by atoms with E-state index in [2.05, 4.69) is 13.8 Å². The fourth-order valence-corrected chi connectivity index (χ4v) is 5.87. The molecule has 0 spiro atoms. The summed E-state index contributed by atoms with van der Waals surface area (Å²) >= 11 is 0. The molecule has 2 bridgehead atoms. The van der Waals surface area contributed by atoms with Crippen molar-refractivity contribution >= 4 is 17.8 Å². The van der Waals surface area contributed by atoms with Crippen LogP contribution >= 0.6 is 0 Å². The number of nitrogens with zero attached hydrogens (tertiary/aromatic N) is 1. The predicted octanol–water partition coefficient (Wildman–Crippen LogP) is 2.41. The summed E-state index contributed by atoms with van der Waals surface area (Å²) in [6, 6.07) is 0. The van der Waals surface area contributed by atoms with Crippen molar-refractivity contribution in [3.8, 4) is 0 Å². The number of esters is 2. The van der Waals surface area contributed by atoms with E-state index in [1.807, 2.05) is 19.9 Å². The second-order valence-electron chi connectivity index (χ2n) is 8.64. The van der Waals surface area contributed by atoms with Crippen LogP contribution in [0.2, 0.25) is 0 Å². The van der Waals surface area contributed by atoms with E-state index in [0.717, 1.165) is 12.8 Å². The molecule has 0 aromatic carbocycles. The number of hydrogen-bond donors (Lipinski definition) is 0. The van der Waals surface area contributed by atoms with Gasteiger partial charge in [0.2, 0.25) is 5.91 Å². The minimum atomic E-state index is -0.630. The monoisotopic (exact) mass is 345 g/mol. The minimum absolute atomic E-state index is 0.0446. The first-order valence-electron chi connectivity index (χ1n) is 9.57. The Morgan fingerprint density at radius 1 is 1.16 bits per heavy atom. The Kier molecular flexibility index (Phi) is 3.64. The van der Waals surface area contributed by atoms with E-state index in [-0.39, 0.29) is 17.2 Å². The average molecular weight is 345 g/mol. The quantitative estimate of drug-likeness (QED) is 0.448. The molecule has 1 aliphatic heterocycles. The lowest BCUT2D eigenvalue weighted by atomic mass is 9.42. The first kappa shape index (κ1) is 16.8. The largest absolute Gasteiger partial charge is 0.393 e. The molecule has 5 aliphatic rings. The van der Waals surface area contributed by atoms with Gasteiger partial charge < -0.3 is 9.64 Å². The molecule has 1 heterocycles. The smallest absolute Gasteiger partial charge is 0.318 e. The van der Waals surface area contributed by atoms with Crippen molar-refractivity contribution in [3.63, 3.8) is 0 Å². The Hall–Kier alpha value is -1.65. The van der Waals surface area contributed by atoms with Gasteiger partial charge >= 0.3 is 11.9 Å². The molecular formula is C20H27NO4. The van der Waals surface area contributed by atoms with Crippen LogP contribution < -0.4 is 0 Å². The molecule has 4 fully saturated rings. The normalized spacial score (nSPS) is 40.4. The summed E-state index contributed by atoms with van der Waals surface area (Å²) in [6.45, 7) is 9.67. The zero-order chi connectivity index (χ0) is 18.1. The summed E-state index contributed by atoms with van der Waals surface area (Å²) in [5.41, 5.74) is 1.47. The van der Waals surface area contributed by atoms with E-state index in [4.69, 9.17) is 4.74 Å². The molecule has 5 heteroatoms. The van der Waals surface area contributed by atoms with Gasteiger partial charge in [-0.25, -0.2) is 0 Å². The fourth-order valence-electron chi connectivity index (χ4n) is 5.87. The van der Waals surface area contributed by atoms with Crippen molar-refractivity contribution in [2.45, 2.75) is 40.5 Å². The van der Waals surface area contributed by atoms with Crippen molar-refractivity contribution in [3.05, 3.63) is 11.6 Å². The molecule has 25 heavy (non-hydrogen) atoms. The van der Waals surface area contributed by atoms with Gasteiger partial charge in [0.15, 0.2) is 0 Å². The van der Waals surface area contributed by atoms with Gasteiger partial charge in [-0.15, -0.1) is 0 Å². The van der Waals surface area contributed by atoms with E-state index in [0.29, 0.717) is 24.9 Å². The highest BCUT2D eigenvalue weighted by molar-refractivity contribution is 6.00. The Bertz CT molecular complexity index is 675. The fraction of sp³-hybridized carbons (Fsp3) is 0.750. The molecule has 4 aliphatic carbocycles. The van der Waals surface area contributed by atoms with Crippen molar-refractivity contribution in [1.82, 2.24) is 4.90 Å². The Morgan fingerprint density at radius 2 is 1.80 bits per heavy atom. The average Bonchev–Trinajstić information content (AvgIpc) is 2.89. The third kappa shape index (κ3) is 2.10. The van der Waals surface area contributed by atoms with E-state index >= 15 is 0 Å². The standard InChI is InChI=1S/C20H27NO4/c1-5-21(6-2)17(22)13-9-11-12(7-10-8-14(11)20(10,3)4)15-16(13)19(24)25-18(15)23/h9-10,12-16H,5-8H2,1-4H3/t10-,12+,13-,14+,15-,16-/m1/s1. The maximum Gasteiger partial charge on any atom is 0.318 e. The number of hydrogen-bond acceptors (Lipinski definition) is 4. The number of amides is 1. The lowest BCUT2D eigenvalue weighted by Crippen LogP contribution is -2.56. The van der Waals surface area contributed by atoms with E-state index in [9.17, 15) is 14.4 Å². The van der Waals surface area contributed by atoms with Crippen LogP contribution in [-0.2, 0) is 19.1 Å². The van der Waals surface area contributed by atoms with Gasteiger partial charge in [-0.2, -0.15) is 0 Å². The molecule has 6 atom stereocenters. The summed E-state index contributed by atoms with van der Waals surface area (Å²) < 4.78 is 5.00. The molecular weight excluding hydrogens is 318 g/mol. The maximum atomic E-state index is 13.1. The van der Waals surface area contributed by atoms with Gasteiger partial charge in [-0.05, 0) is 49.9 Å². The van der Waals surface area contributed by atoms with Crippen LogP contribution in [0.4, 0.5) is 0 Å². The van der Waals surface area contributed by atoms with E-state index in [1.54, 1.807) is 4.90 Å². The first-order chi connectivity index (χ1) is 11.8. The topological polar surface area (TPSA) is 63.7 Å². The second-order valence-corrected chi connectivity index (χ2v) is 8.64. The van der Waals surface area contributed by atoms with Crippen molar-refractivity contribution in [2.24, 2.45) is 40.9 Å². The highest BCUT2D eigenvalue weighted by Crippen LogP contribution is 2.66. The van der Waals surface area contributed by atoms with Crippen LogP contribution in [0, 0.1) is 40.9 Å². The second kappa shape index (κ2) is 5.42. The third-order valence-electron chi connectivity index (χ3n) is 7.52. The van der Waals surface area contributed by atoms with Crippen LogP contribution in [0.1, 0.15) is 40.5 Å². The molecule has 0 unspecified atom stereocenters. The first-order valence-corrected chi connectivity index (χ1v) is 9.57. The molecule has 5 rings (SSSR count). The lowest BCUT2D eigenvalue weighted by Gasteiger charge is -2.62. The van der Waals surface area contributed by atoms with Crippen molar-refractivity contribution in [1.29, 1.82) is 0 Å². The Morgan fingerprint density at radius 3 is 2.40 bits per heavy atom. The highest BCUT2D eigenvalue weighted by atomic mass is 16.6. The molecule has 0 radical (unpaired) electrons. The van der Waals surface area contributed by atoms with Crippen LogP contribution in [-0.4, -0.2) is 35.8 Å². The summed E-state index contributed by atoms with van der Waals surface area (Å²) in [6.07, 6.45) is 4.13. The summed E-state index contributed by atoms with van der Waals surface area (Å²) in [7, 11) is 0. The van der Waals surface area contributed by atoms with Gasteiger partial charge in [-0.1, -0.05) is 25.5 Å². The molecule has 0 aromatic heterocycles. The van der Waals surface area contributed by atoms with Crippen LogP contribution in [0.25, 0.3) is 0 Å². The van der Waals surface area contributed by atoms with E-state index in [1.165, 1.54) is 5.57 Å². The molecule has 136 valence electrons. The van der Waals surface area contributed by atoms with Gasteiger partial charge in [0.25, 0.3) is 0 Å². The SMILES string of the molecule is CCN(CC)C(=O)[C@@H]1C=C2[C@H](C[C@@H]3C[C@@H]2C3(C)C)[C@H]2C(=O)OC(=O)[C@@H]21. The van der Waals surface area contributed by atoms with E-state index < -0.39 is 29.7 Å². The lowest BCUT2D eigenvalue weighted by molar-refractivity contribution is -0.155. The summed E-state index contributed by atoms with van der Waals surface area (Å²) in [4.78, 5) is 39.7. The third-order valence-corrected chi connectivity index (χ3v) is 7.52. The van der Waals surface area contributed by atoms with Crippen LogP contribution in [0.3, 0.4) is 0 Å². The zero-order valence-electron chi connectivity index (χ0n) is 15.5. The number of ether oxygens (including phenoxy) is 1. The number of allylic oxidation sites excluding steroid dienone is 1. The molecule has 1 saturated heterocycles. The highest BCUT2D eigenvalue weighted by Gasteiger charge is 2.64. The molecule has 3 saturated carbocycles. The summed E-state index contributed by atoms with van der Waals surface area (Å²) in [5, 5.41) is 0. The molecule has 5 nitrogen and oxygen atoms in total. The number of carbonyl (C=O) groups excluding carboxylic acids is 3. The van der Waals surface area contributed by atoms with Crippen LogP contribution in [0.15, 0.2) is 11.6 Å². The minimum Gasteiger partial charge on any atom is -0.393 e. The van der Waals surface area contributed by atoms with Crippen LogP contribution in [0.5, 0.6) is 0 Å².